The van der Waals surface area contributed by atoms with Gasteiger partial charge in [0.05, 0.1) is 0 Å². The van der Waals surface area contributed by atoms with Crippen molar-refractivity contribution in [2.45, 2.75) is 71.1 Å². The monoisotopic (exact) mass is 322 g/mol. The van der Waals surface area contributed by atoms with Gasteiger partial charge in [-0.15, -0.1) is 0 Å². The van der Waals surface area contributed by atoms with Crippen LogP contribution in [0.1, 0.15) is 71.1 Å². The summed E-state index contributed by atoms with van der Waals surface area (Å²) < 4.78 is 4.98. The second kappa shape index (κ2) is 18.7. The molecule has 0 saturated heterocycles. The largest absolute Gasteiger partial charge is 0.480 e. The zero-order valence-electron chi connectivity index (χ0n) is 14.7. The first kappa shape index (κ1) is 21.6. The standard InChI is InChI=1S/C20H34O3/c1-2-3-4-5-6-7-8-9-10-11-12-13-14-15-16-17-18-23-19-20(21)22/h6-7,9-10,12-13H,2-5,8,11,14-19H2,1H3,(H,21,22)/b7-6-,10-9-,13-12-. The van der Waals surface area contributed by atoms with Gasteiger partial charge in [0, 0.05) is 6.61 Å². The third-order valence-electron chi connectivity index (χ3n) is 3.40. The molecule has 0 aromatic rings. The predicted octanol–water partition coefficient (Wildman–Crippen LogP) is 5.68. The molecule has 0 aliphatic carbocycles. The Kier molecular flexibility index (Phi) is 17.6. The molecule has 0 saturated carbocycles. The topological polar surface area (TPSA) is 46.5 Å². The van der Waals surface area contributed by atoms with Crippen molar-refractivity contribution in [1.29, 1.82) is 0 Å². The summed E-state index contributed by atoms with van der Waals surface area (Å²) in [5.41, 5.74) is 0. The molecule has 23 heavy (non-hydrogen) atoms. The van der Waals surface area contributed by atoms with Crippen molar-refractivity contribution in [2.75, 3.05) is 13.2 Å². The number of hydrogen-bond acceptors (Lipinski definition) is 2. The summed E-state index contributed by atoms with van der Waals surface area (Å²) >= 11 is 0. The number of unbranched alkanes of at least 4 members (excludes halogenated alkanes) is 6. The van der Waals surface area contributed by atoms with Crippen molar-refractivity contribution >= 4 is 5.97 Å². The van der Waals surface area contributed by atoms with Crippen LogP contribution in [0.3, 0.4) is 0 Å². The van der Waals surface area contributed by atoms with E-state index in [0.717, 1.165) is 38.5 Å². The van der Waals surface area contributed by atoms with Crippen LogP contribution < -0.4 is 0 Å². The lowest BCUT2D eigenvalue weighted by atomic mass is 10.2. The van der Waals surface area contributed by atoms with Gasteiger partial charge in [0.25, 0.3) is 0 Å². The van der Waals surface area contributed by atoms with Gasteiger partial charge < -0.3 is 9.84 Å². The molecule has 1 N–H and O–H groups in total. The predicted molar refractivity (Wildman–Crippen MR) is 97.7 cm³/mol. The minimum Gasteiger partial charge on any atom is -0.480 e. The van der Waals surface area contributed by atoms with Crippen molar-refractivity contribution in [3.8, 4) is 0 Å². The van der Waals surface area contributed by atoms with Gasteiger partial charge in [-0.05, 0) is 44.9 Å². The summed E-state index contributed by atoms with van der Waals surface area (Å²) in [6.07, 6.45) is 24.8. The number of allylic oxidation sites excluding steroid dienone is 6. The highest BCUT2D eigenvalue weighted by atomic mass is 16.5. The number of ether oxygens (including phenoxy) is 1. The molecule has 0 spiro atoms. The minimum atomic E-state index is -0.895. The molecule has 0 bridgehead atoms. The van der Waals surface area contributed by atoms with Gasteiger partial charge in [-0.25, -0.2) is 4.79 Å². The van der Waals surface area contributed by atoms with Crippen LogP contribution in [0, 0.1) is 0 Å². The van der Waals surface area contributed by atoms with Crippen LogP contribution in [-0.4, -0.2) is 24.3 Å². The molecule has 3 nitrogen and oxygen atoms in total. The van der Waals surface area contributed by atoms with Crippen molar-refractivity contribution in [2.24, 2.45) is 0 Å². The number of hydrogen-bond donors (Lipinski definition) is 1. The lowest BCUT2D eigenvalue weighted by Gasteiger charge is -2.00. The molecule has 0 atom stereocenters. The maximum atomic E-state index is 10.2. The molecular formula is C20H34O3. The lowest BCUT2D eigenvalue weighted by molar-refractivity contribution is -0.142. The van der Waals surface area contributed by atoms with Gasteiger partial charge in [0.1, 0.15) is 6.61 Å². The minimum absolute atomic E-state index is 0.180. The zero-order valence-corrected chi connectivity index (χ0v) is 14.7. The Balaban J connectivity index is 3.27. The highest BCUT2D eigenvalue weighted by molar-refractivity contribution is 5.67. The molecule has 0 unspecified atom stereocenters. The third kappa shape index (κ3) is 20.6. The van der Waals surface area contributed by atoms with Crippen LogP contribution in [-0.2, 0) is 9.53 Å². The van der Waals surface area contributed by atoms with Crippen LogP contribution in [0.25, 0.3) is 0 Å². The normalized spacial score (nSPS) is 12.0. The Bertz CT molecular complexity index is 343. The van der Waals surface area contributed by atoms with Gasteiger partial charge in [0.2, 0.25) is 0 Å². The van der Waals surface area contributed by atoms with Crippen LogP contribution >= 0.6 is 0 Å². The van der Waals surface area contributed by atoms with Crippen LogP contribution in [0.4, 0.5) is 0 Å². The zero-order chi connectivity index (χ0) is 17.0. The van der Waals surface area contributed by atoms with E-state index in [0.29, 0.717) is 6.61 Å². The molecule has 0 amide bonds. The average Bonchev–Trinajstić information content (AvgIpc) is 2.53. The van der Waals surface area contributed by atoms with Gasteiger partial charge in [-0.2, -0.15) is 0 Å². The summed E-state index contributed by atoms with van der Waals surface area (Å²) in [5.74, 6) is -0.895. The van der Waals surface area contributed by atoms with Crippen molar-refractivity contribution < 1.29 is 14.6 Å². The molecule has 0 aromatic carbocycles. The Morgan fingerprint density at radius 1 is 0.826 bits per heavy atom. The number of carboxylic acid groups (broad SMARTS) is 1. The van der Waals surface area contributed by atoms with Crippen molar-refractivity contribution in [3.05, 3.63) is 36.5 Å². The van der Waals surface area contributed by atoms with E-state index in [9.17, 15) is 4.79 Å². The Morgan fingerprint density at radius 2 is 1.39 bits per heavy atom. The first-order valence-corrected chi connectivity index (χ1v) is 9.02. The number of rotatable bonds is 16. The van der Waals surface area contributed by atoms with E-state index in [2.05, 4.69) is 43.4 Å². The maximum absolute atomic E-state index is 10.2. The summed E-state index contributed by atoms with van der Waals surface area (Å²) in [5, 5.41) is 8.41. The summed E-state index contributed by atoms with van der Waals surface area (Å²) in [6.45, 7) is 2.60. The molecule has 0 rings (SSSR count). The fraction of sp³-hybridized carbons (Fsp3) is 0.650. The summed E-state index contributed by atoms with van der Waals surface area (Å²) in [4.78, 5) is 10.2. The SMILES string of the molecule is CCCCC/C=C\C/C=C\C/C=C\CCCCCOCC(=O)O. The van der Waals surface area contributed by atoms with E-state index in [1.807, 2.05) is 0 Å². The lowest BCUT2D eigenvalue weighted by Crippen LogP contribution is -2.07. The Labute approximate surface area is 142 Å². The molecule has 0 heterocycles. The second-order valence-electron chi connectivity index (χ2n) is 5.68. The average molecular weight is 322 g/mol. The van der Waals surface area contributed by atoms with Crippen LogP contribution in [0.2, 0.25) is 0 Å². The number of carbonyl (C=O) groups is 1. The molecule has 0 radical (unpaired) electrons. The van der Waals surface area contributed by atoms with Gasteiger partial charge in [0.15, 0.2) is 0 Å². The van der Waals surface area contributed by atoms with Crippen molar-refractivity contribution in [3.63, 3.8) is 0 Å². The van der Waals surface area contributed by atoms with Gasteiger partial charge in [-0.3, -0.25) is 0 Å². The first-order valence-electron chi connectivity index (χ1n) is 9.02. The van der Waals surface area contributed by atoms with E-state index in [-0.39, 0.29) is 6.61 Å². The molecule has 3 heteroatoms. The number of aliphatic carboxylic acids is 1. The molecule has 132 valence electrons. The molecule has 0 aromatic heterocycles. The second-order valence-corrected chi connectivity index (χ2v) is 5.68. The maximum Gasteiger partial charge on any atom is 0.329 e. The van der Waals surface area contributed by atoms with E-state index >= 15 is 0 Å². The quantitative estimate of drug-likeness (QED) is 0.294. The van der Waals surface area contributed by atoms with Gasteiger partial charge in [-0.1, -0.05) is 62.6 Å². The van der Waals surface area contributed by atoms with Crippen molar-refractivity contribution in [1.82, 2.24) is 0 Å². The fourth-order valence-corrected chi connectivity index (χ4v) is 2.09. The number of carboxylic acids is 1. The van der Waals surface area contributed by atoms with E-state index < -0.39 is 5.97 Å². The third-order valence-corrected chi connectivity index (χ3v) is 3.40. The van der Waals surface area contributed by atoms with Crippen LogP contribution in [0.5, 0.6) is 0 Å². The molecule has 0 fully saturated rings. The molecular weight excluding hydrogens is 288 g/mol. The van der Waals surface area contributed by atoms with E-state index in [1.54, 1.807) is 0 Å². The van der Waals surface area contributed by atoms with Crippen LogP contribution in [0.15, 0.2) is 36.5 Å². The molecule has 0 aliphatic heterocycles. The fourth-order valence-electron chi connectivity index (χ4n) is 2.09. The Morgan fingerprint density at radius 3 is 1.96 bits per heavy atom. The first-order chi connectivity index (χ1) is 11.3. The smallest absolute Gasteiger partial charge is 0.329 e. The van der Waals surface area contributed by atoms with Gasteiger partial charge >= 0.3 is 5.97 Å². The van der Waals surface area contributed by atoms with E-state index in [1.165, 1.54) is 25.7 Å². The van der Waals surface area contributed by atoms with E-state index in [4.69, 9.17) is 9.84 Å². The molecule has 0 aliphatic rings. The highest BCUT2D eigenvalue weighted by Crippen LogP contribution is 2.03. The summed E-state index contributed by atoms with van der Waals surface area (Å²) in [6, 6.07) is 0. The summed E-state index contributed by atoms with van der Waals surface area (Å²) in [7, 11) is 0. The highest BCUT2D eigenvalue weighted by Gasteiger charge is 1.95. The Hall–Kier alpha value is -1.35.